The van der Waals surface area contributed by atoms with Gasteiger partial charge in [0.05, 0.1) is 5.56 Å². The van der Waals surface area contributed by atoms with Crippen LogP contribution in [-0.2, 0) is 11.0 Å². The van der Waals surface area contributed by atoms with Gasteiger partial charge in [0.25, 0.3) is 0 Å². The SMILES string of the molecule is Cc1cccc(NC(=S)NNC(=O)C2CC2c2ccc(C(F)(F)F)cc2)c1C. The Bertz CT molecular complexity index is 897. The number of alkyl halides is 3. The number of rotatable bonds is 3. The largest absolute Gasteiger partial charge is 0.416 e. The van der Waals surface area contributed by atoms with E-state index in [9.17, 15) is 18.0 Å². The molecule has 0 heterocycles. The molecule has 0 bridgehead atoms. The van der Waals surface area contributed by atoms with Crippen molar-refractivity contribution in [3.05, 3.63) is 64.7 Å². The van der Waals surface area contributed by atoms with Gasteiger partial charge in [-0.25, -0.2) is 0 Å². The van der Waals surface area contributed by atoms with E-state index in [0.717, 1.165) is 34.5 Å². The molecule has 1 saturated carbocycles. The summed E-state index contributed by atoms with van der Waals surface area (Å²) in [6.07, 6.45) is -3.77. The molecule has 1 aliphatic rings. The Morgan fingerprint density at radius 1 is 1.07 bits per heavy atom. The maximum Gasteiger partial charge on any atom is 0.416 e. The summed E-state index contributed by atoms with van der Waals surface area (Å²) in [5.41, 5.74) is 8.29. The minimum absolute atomic E-state index is 0.0790. The van der Waals surface area contributed by atoms with Crippen LogP contribution in [0, 0.1) is 19.8 Å². The molecule has 0 spiro atoms. The summed E-state index contributed by atoms with van der Waals surface area (Å²) in [6, 6.07) is 10.7. The molecule has 1 aliphatic carbocycles. The summed E-state index contributed by atoms with van der Waals surface area (Å²) >= 11 is 5.19. The number of halogens is 3. The van der Waals surface area contributed by atoms with E-state index in [1.807, 2.05) is 32.0 Å². The number of hydrogen-bond acceptors (Lipinski definition) is 2. The van der Waals surface area contributed by atoms with Crippen molar-refractivity contribution in [2.45, 2.75) is 32.4 Å². The second-order valence-electron chi connectivity index (χ2n) is 6.88. The van der Waals surface area contributed by atoms with Gasteiger partial charge in [-0.15, -0.1) is 0 Å². The zero-order chi connectivity index (χ0) is 20.5. The van der Waals surface area contributed by atoms with E-state index in [4.69, 9.17) is 12.2 Å². The third-order valence-electron chi connectivity index (χ3n) is 4.95. The highest BCUT2D eigenvalue weighted by atomic mass is 32.1. The smallest absolute Gasteiger partial charge is 0.331 e. The molecule has 0 saturated heterocycles. The quantitative estimate of drug-likeness (QED) is 0.520. The van der Waals surface area contributed by atoms with Crippen LogP contribution in [0.25, 0.3) is 0 Å². The van der Waals surface area contributed by atoms with Gasteiger partial charge >= 0.3 is 6.18 Å². The number of carbonyl (C=O) groups is 1. The summed E-state index contributed by atoms with van der Waals surface area (Å²) in [6.45, 7) is 3.96. The van der Waals surface area contributed by atoms with Crippen molar-refractivity contribution in [1.29, 1.82) is 0 Å². The first-order valence-electron chi connectivity index (χ1n) is 8.77. The minimum Gasteiger partial charge on any atom is -0.331 e. The molecule has 3 rings (SSSR count). The Morgan fingerprint density at radius 2 is 1.75 bits per heavy atom. The van der Waals surface area contributed by atoms with E-state index >= 15 is 0 Å². The second kappa shape index (κ2) is 7.79. The van der Waals surface area contributed by atoms with Gasteiger partial charge in [0.1, 0.15) is 0 Å². The number of thiocarbonyl (C=S) groups is 1. The number of anilines is 1. The minimum atomic E-state index is -4.36. The molecule has 1 fully saturated rings. The van der Waals surface area contributed by atoms with Gasteiger partial charge in [-0.05, 0) is 73.3 Å². The van der Waals surface area contributed by atoms with Gasteiger partial charge < -0.3 is 5.32 Å². The number of amides is 1. The molecule has 2 aromatic rings. The van der Waals surface area contributed by atoms with Crippen LogP contribution >= 0.6 is 12.2 Å². The lowest BCUT2D eigenvalue weighted by molar-refractivity contribution is -0.137. The number of benzene rings is 2. The Hall–Kier alpha value is -2.61. The van der Waals surface area contributed by atoms with Crippen LogP contribution in [0.1, 0.15) is 34.6 Å². The van der Waals surface area contributed by atoms with Crippen LogP contribution in [0.2, 0.25) is 0 Å². The van der Waals surface area contributed by atoms with E-state index in [0.29, 0.717) is 6.42 Å². The normalized spacial score (nSPS) is 18.3. The maximum atomic E-state index is 12.6. The van der Waals surface area contributed by atoms with Gasteiger partial charge in [0.15, 0.2) is 5.11 Å². The van der Waals surface area contributed by atoms with Gasteiger partial charge in [0.2, 0.25) is 5.91 Å². The number of aryl methyl sites for hydroxylation is 1. The zero-order valence-corrected chi connectivity index (χ0v) is 16.2. The van der Waals surface area contributed by atoms with Crippen molar-refractivity contribution in [3.8, 4) is 0 Å². The topological polar surface area (TPSA) is 53.2 Å². The van der Waals surface area contributed by atoms with Crippen molar-refractivity contribution in [2.24, 2.45) is 5.92 Å². The molecule has 0 radical (unpaired) electrons. The molecule has 148 valence electrons. The first kappa shape index (κ1) is 20.1. The summed E-state index contributed by atoms with van der Waals surface area (Å²) in [4.78, 5) is 12.3. The number of carbonyl (C=O) groups excluding carboxylic acids is 1. The molecule has 0 aromatic heterocycles. The van der Waals surface area contributed by atoms with E-state index < -0.39 is 11.7 Å². The zero-order valence-electron chi connectivity index (χ0n) is 15.4. The second-order valence-corrected chi connectivity index (χ2v) is 7.29. The monoisotopic (exact) mass is 407 g/mol. The summed E-state index contributed by atoms with van der Waals surface area (Å²) < 4.78 is 37.9. The van der Waals surface area contributed by atoms with Crippen LogP contribution in [0.3, 0.4) is 0 Å². The molecule has 4 nitrogen and oxygen atoms in total. The molecule has 0 aliphatic heterocycles. The molecule has 2 aromatic carbocycles. The van der Waals surface area contributed by atoms with Crippen molar-refractivity contribution in [2.75, 3.05) is 5.32 Å². The first-order chi connectivity index (χ1) is 13.2. The lowest BCUT2D eigenvalue weighted by Gasteiger charge is -2.14. The maximum absolute atomic E-state index is 12.6. The third kappa shape index (κ3) is 4.62. The van der Waals surface area contributed by atoms with E-state index in [1.165, 1.54) is 12.1 Å². The molecule has 2 atom stereocenters. The van der Waals surface area contributed by atoms with E-state index in [2.05, 4.69) is 16.2 Å². The highest BCUT2D eigenvalue weighted by Gasteiger charge is 2.44. The highest BCUT2D eigenvalue weighted by molar-refractivity contribution is 7.80. The first-order valence-corrected chi connectivity index (χ1v) is 9.18. The molecule has 8 heteroatoms. The number of hydrazine groups is 1. The average molecular weight is 407 g/mol. The van der Waals surface area contributed by atoms with E-state index in [1.54, 1.807) is 0 Å². The van der Waals surface area contributed by atoms with Crippen molar-refractivity contribution >= 4 is 28.9 Å². The third-order valence-corrected chi connectivity index (χ3v) is 5.15. The van der Waals surface area contributed by atoms with Crippen molar-refractivity contribution in [1.82, 2.24) is 10.9 Å². The molecule has 3 N–H and O–H groups in total. The van der Waals surface area contributed by atoms with Gasteiger partial charge in [0, 0.05) is 11.6 Å². The Kier molecular flexibility index (Phi) is 5.60. The fourth-order valence-electron chi connectivity index (χ4n) is 3.02. The molecule has 2 unspecified atom stereocenters. The van der Waals surface area contributed by atoms with Crippen LogP contribution in [0.5, 0.6) is 0 Å². The Morgan fingerprint density at radius 3 is 2.39 bits per heavy atom. The van der Waals surface area contributed by atoms with Crippen molar-refractivity contribution < 1.29 is 18.0 Å². The molecular formula is C20H20F3N3OS. The predicted octanol–water partition coefficient (Wildman–Crippen LogP) is 4.44. The van der Waals surface area contributed by atoms with Gasteiger partial charge in [-0.3, -0.25) is 15.6 Å². The highest BCUT2D eigenvalue weighted by Crippen LogP contribution is 2.47. The molecule has 28 heavy (non-hydrogen) atoms. The number of hydrogen-bond donors (Lipinski definition) is 3. The lowest BCUT2D eigenvalue weighted by Crippen LogP contribution is -2.44. The fourth-order valence-corrected chi connectivity index (χ4v) is 3.18. The number of nitrogens with one attached hydrogen (secondary N) is 3. The fraction of sp³-hybridized carbons (Fsp3) is 0.300. The predicted molar refractivity (Wildman–Crippen MR) is 106 cm³/mol. The molecule has 1 amide bonds. The standard InChI is InChI=1S/C20H20F3N3OS/c1-11-4-3-5-17(12(11)2)24-19(28)26-25-18(27)16-10-15(16)13-6-8-14(9-7-13)20(21,22)23/h3-9,15-16H,10H2,1-2H3,(H,25,27)(H2,24,26,28). The Labute approximate surface area is 166 Å². The summed E-state index contributed by atoms with van der Waals surface area (Å²) in [7, 11) is 0. The van der Waals surface area contributed by atoms with Crippen LogP contribution < -0.4 is 16.2 Å². The lowest BCUT2D eigenvalue weighted by atomic mass is 10.1. The Balaban J connectivity index is 1.50. The van der Waals surface area contributed by atoms with Crippen LogP contribution in [0.15, 0.2) is 42.5 Å². The van der Waals surface area contributed by atoms with Crippen molar-refractivity contribution in [3.63, 3.8) is 0 Å². The van der Waals surface area contributed by atoms with Crippen LogP contribution in [0.4, 0.5) is 18.9 Å². The average Bonchev–Trinajstić information content (AvgIpc) is 3.44. The van der Waals surface area contributed by atoms with Gasteiger partial charge in [-0.2, -0.15) is 13.2 Å². The molecular weight excluding hydrogens is 387 g/mol. The van der Waals surface area contributed by atoms with E-state index in [-0.39, 0.29) is 22.9 Å². The van der Waals surface area contributed by atoms with Gasteiger partial charge in [-0.1, -0.05) is 24.3 Å². The summed E-state index contributed by atoms with van der Waals surface area (Å²) in [5, 5.41) is 3.29. The summed E-state index contributed by atoms with van der Waals surface area (Å²) in [5.74, 6) is -0.604. The van der Waals surface area contributed by atoms with Crippen LogP contribution in [-0.4, -0.2) is 11.0 Å².